The highest BCUT2D eigenvalue weighted by Crippen LogP contribution is 2.05. The topological polar surface area (TPSA) is 74.9 Å². The minimum Gasteiger partial charge on any atom is -0.383 e. The number of piperidine rings is 1. The molecule has 0 spiro atoms. The Morgan fingerprint density at radius 3 is 2.73 bits per heavy atom. The number of hydrogen-bond acceptors (Lipinski definition) is 4. The maximum atomic E-state index is 5.36. The van der Waals surface area contributed by atoms with Crippen LogP contribution >= 0.6 is 0 Å². The van der Waals surface area contributed by atoms with Gasteiger partial charge in [-0.3, -0.25) is 10.9 Å². The van der Waals surface area contributed by atoms with E-state index in [-0.39, 0.29) is 0 Å². The molecule has 1 aliphatic heterocycles. The molecule has 1 rings (SSSR count). The van der Waals surface area contributed by atoms with Crippen LogP contribution in [0.5, 0.6) is 0 Å². The van der Waals surface area contributed by atoms with E-state index < -0.39 is 0 Å². The van der Waals surface area contributed by atoms with Crippen LogP contribution in [0.2, 0.25) is 0 Å². The summed E-state index contributed by atoms with van der Waals surface area (Å²) < 4.78 is 4.91. The molecule has 1 heterocycles. The second kappa shape index (κ2) is 7.44. The molecule has 0 unspecified atom stereocenters. The van der Waals surface area contributed by atoms with E-state index in [0.717, 1.165) is 13.1 Å². The summed E-state index contributed by atoms with van der Waals surface area (Å²) >= 11 is 0. The van der Waals surface area contributed by atoms with Gasteiger partial charge >= 0.3 is 0 Å². The molecular formula is C9H21N5O. The third-order valence-corrected chi connectivity index (χ3v) is 2.32. The molecule has 0 aromatic carbocycles. The number of aliphatic imine (C=N–C) groups is 1. The second-order valence-electron chi connectivity index (χ2n) is 3.53. The molecule has 0 bridgehead atoms. The Balaban J connectivity index is 2.27. The predicted molar refractivity (Wildman–Crippen MR) is 60.1 cm³/mol. The summed E-state index contributed by atoms with van der Waals surface area (Å²) in [6.45, 7) is 3.31. The lowest BCUT2D eigenvalue weighted by Crippen LogP contribution is -2.52. The van der Waals surface area contributed by atoms with Crippen molar-refractivity contribution in [3.63, 3.8) is 0 Å². The van der Waals surface area contributed by atoms with Crippen molar-refractivity contribution >= 4 is 5.96 Å². The van der Waals surface area contributed by atoms with Gasteiger partial charge in [-0.15, -0.1) is 0 Å². The Hall–Kier alpha value is -0.850. The molecule has 1 saturated heterocycles. The molecule has 0 saturated carbocycles. The average molecular weight is 215 g/mol. The quantitative estimate of drug-likeness (QED) is 0.193. The maximum Gasteiger partial charge on any atom is 0.220 e. The smallest absolute Gasteiger partial charge is 0.220 e. The molecule has 0 amide bonds. The van der Waals surface area contributed by atoms with Gasteiger partial charge in [-0.25, -0.2) is 15.8 Å². The molecule has 6 heteroatoms. The highest BCUT2D eigenvalue weighted by molar-refractivity contribution is 5.78. The number of ether oxygens (including phenoxy) is 1. The van der Waals surface area contributed by atoms with Crippen LogP contribution in [0.3, 0.4) is 0 Å². The fraction of sp³-hybridized carbons (Fsp3) is 0.889. The molecular weight excluding hydrogens is 194 g/mol. The molecule has 0 radical (unpaired) electrons. The number of hydrogen-bond donors (Lipinski definition) is 3. The Kier molecular flexibility index (Phi) is 6.06. The monoisotopic (exact) mass is 215 g/mol. The minimum absolute atomic E-state index is 0.604. The van der Waals surface area contributed by atoms with Crippen LogP contribution in [0.1, 0.15) is 19.3 Å². The van der Waals surface area contributed by atoms with E-state index in [4.69, 9.17) is 10.6 Å². The van der Waals surface area contributed by atoms with Gasteiger partial charge in [0.2, 0.25) is 5.96 Å². The molecule has 0 aliphatic carbocycles. The van der Waals surface area contributed by atoms with Gasteiger partial charge in [0.25, 0.3) is 0 Å². The van der Waals surface area contributed by atoms with E-state index in [2.05, 4.69) is 20.9 Å². The first-order valence-electron chi connectivity index (χ1n) is 5.38. The lowest BCUT2D eigenvalue weighted by Gasteiger charge is -2.27. The number of rotatable bonds is 4. The molecule has 1 fully saturated rings. The van der Waals surface area contributed by atoms with E-state index in [0.29, 0.717) is 19.1 Å². The number of methoxy groups -OCH3 is 1. The van der Waals surface area contributed by atoms with Gasteiger partial charge < -0.3 is 4.74 Å². The molecule has 0 aromatic heterocycles. The third kappa shape index (κ3) is 4.96. The van der Waals surface area contributed by atoms with Crippen molar-refractivity contribution < 1.29 is 4.74 Å². The maximum absolute atomic E-state index is 5.36. The Bertz CT molecular complexity index is 191. The van der Waals surface area contributed by atoms with Crippen molar-refractivity contribution in [1.29, 1.82) is 0 Å². The van der Waals surface area contributed by atoms with Crippen molar-refractivity contribution in [3.8, 4) is 0 Å². The molecule has 0 atom stereocenters. The molecule has 15 heavy (non-hydrogen) atoms. The normalized spacial score (nSPS) is 18.9. The highest BCUT2D eigenvalue weighted by atomic mass is 16.5. The van der Waals surface area contributed by atoms with Gasteiger partial charge in [-0.2, -0.15) is 0 Å². The summed E-state index contributed by atoms with van der Waals surface area (Å²) in [6, 6.07) is 0. The lowest BCUT2D eigenvalue weighted by atomic mass is 10.2. The summed E-state index contributed by atoms with van der Waals surface area (Å²) in [7, 11) is 1.66. The van der Waals surface area contributed by atoms with Gasteiger partial charge in [0.15, 0.2) is 0 Å². The van der Waals surface area contributed by atoms with Crippen LogP contribution in [0.4, 0.5) is 0 Å². The fourth-order valence-corrected chi connectivity index (χ4v) is 1.52. The highest BCUT2D eigenvalue weighted by Gasteiger charge is 2.10. The number of nitrogens with two attached hydrogens (primary N) is 1. The van der Waals surface area contributed by atoms with Crippen molar-refractivity contribution in [1.82, 2.24) is 15.9 Å². The van der Waals surface area contributed by atoms with Gasteiger partial charge in [0.05, 0.1) is 13.2 Å². The Labute approximate surface area is 90.8 Å². The third-order valence-electron chi connectivity index (χ3n) is 2.32. The van der Waals surface area contributed by atoms with E-state index in [1.807, 2.05) is 0 Å². The summed E-state index contributed by atoms with van der Waals surface area (Å²) in [5.41, 5.74) is 5.71. The second-order valence-corrected chi connectivity index (χ2v) is 3.53. The minimum atomic E-state index is 0.604. The van der Waals surface area contributed by atoms with Crippen LogP contribution in [-0.2, 0) is 4.74 Å². The van der Waals surface area contributed by atoms with Gasteiger partial charge in [-0.1, -0.05) is 6.42 Å². The van der Waals surface area contributed by atoms with Crippen LogP contribution < -0.4 is 16.7 Å². The number of hydrazine groups is 2. The molecule has 88 valence electrons. The SMILES string of the molecule is COCCN=C(NN)NN1CCCCC1. The van der Waals surface area contributed by atoms with Gasteiger partial charge in [-0.05, 0) is 12.8 Å². The van der Waals surface area contributed by atoms with Crippen LogP contribution in [-0.4, -0.2) is 44.3 Å². The summed E-state index contributed by atoms with van der Waals surface area (Å²) in [4.78, 5) is 4.23. The summed E-state index contributed by atoms with van der Waals surface area (Å²) in [6.07, 6.45) is 3.76. The van der Waals surface area contributed by atoms with Crippen molar-refractivity contribution in [2.75, 3.05) is 33.4 Å². The van der Waals surface area contributed by atoms with Crippen LogP contribution in [0.25, 0.3) is 0 Å². The average Bonchev–Trinajstić information content (AvgIpc) is 2.29. The zero-order valence-electron chi connectivity index (χ0n) is 9.33. The molecule has 1 aliphatic rings. The van der Waals surface area contributed by atoms with Gasteiger partial charge in [0, 0.05) is 20.2 Å². The first-order valence-corrected chi connectivity index (χ1v) is 5.38. The van der Waals surface area contributed by atoms with E-state index in [1.54, 1.807) is 7.11 Å². The molecule has 4 N–H and O–H groups in total. The number of guanidine groups is 1. The Morgan fingerprint density at radius 2 is 2.13 bits per heavy atom. The van der Waals surface area contributed by atoms with E-state index >= 15 is 0 Å². The van der Waals surface area contributed by atoms with Gasteiger partial charge in [0.1, 0.15) is 0 Å². The van der Waals surface area contributed by atoms with E-state index in [1.165, 1.54) is 19.3 Å². The van der Waals surface area contributed by atoms with Crippen LogP contribution in [0, 0.1) is 0 Å². The summed E-state index contributed by atoms with van der Waals surface area (Å²) in [5, 5.41) is 2.13. The zero-order chi connectivity index (χ0) is 10.9. The number of nitrogens with one attached hydrogen (secondary N) is 2. The predicted octanol–water partition coefficient (Wildman–Crippen LogP) is -0.557. The molecule has 0 aromatic rings. The zero-order valence-corrected chi connectivity index (χ0v) is 9.33. The van der Waals surface area contributed by atoms with Crippen molar-refractivity contribution in [2.24, 2.45) is 10.8 Å². The first-order chi connectivity index (χ1) is 7.36. The molecule has 6 nitrogen and oxygen atoms in total. The largest absolute Gasteiger partial charge is 0.383 e. The fourth-order valence-electron chi connectivity index (χ4n) is 1.52. The van der Waals surface area contributed by atoms with Crippen molar-refractivity contribution in [2.45, 2.75) is 19.3 Å². The van der Waals surface area contributed by atoms with Crippen molar-refractivity contribution in [3.05, 3.63) is 0 Å². The first kappa shape index (κ1) is 12.2. The van der Waals surface area contributed by atoms with Crippen LogP contribution in [0.15, 0.2) is 4.99 Å². The lowest BCUT2D eigenvalue weighted by molar-refractivity contribution is 0.190. The number of nitrogens with zero attached hydrogens (tertiary/aromatic N) is 2. The summed E-state index contributed by atoms with van der Waals surface area (Å²) in [5.74, 6) is 5.97. The Morgan fingerprint density at radius 1 is 1.40 bits per heavy atom. The van der Waals surface area contributed by atoms with E-state index in [9.17, 15) is 0 Å². The standard InChI is InChI=1S/C9H21N5O/c1-15-8-5-11-9(12-10)13-14-6-3-2-4-7-14/h2-8,10H2,1H3,(H2,11,12,13).